The van der Waals surface area contributed by atoms with Gasteiger partial charge in [0.25, 0.3) is 0 Å². The highest BCUT2D eigenvalue weighted by Gasteiger charge is 2.33. The molecule has 1 saturated carbocycles. The van der Waals surface area contributed by atoms with Crippen LogP contribution in [-0.4, -0.2) is 24.2 Å². The Hall–Kier alpha value is -0.570. The highest BCUT2D eigenvalue weighted by Crippen LogP contribution is 2.32. The second-order valence-electron chi connectivity index (χ2n) is 3.18. The summed E-state index contributed by atoms with van der Waals surface area (Å²) in [5.74, 6) is -0.0764. The smallest absolute Gasteiger partial charge is 0.306 e. The molecule has 64 valence electrons. The second kappa shape index (κ2) is 3.72. The molecule has 2 N–H and O–H groups in total. The number of carboxylic acid groups (broad SMARTS) is 1. The van der Waals surface area contributed by atoms with Crippen LogP contribution in [0.5, 0.6) is 0 Å². The zero-order valence-corrected chi connectivity index (χ0v) is 6.84. The number of carboxylic acids is 1. The van der Waals surface area contributed by atoms with Crippen molar-refractivity contribution in [3.8, 4) is 0 Å². The molecule has 0 aromatic carbocycles. The van der Waals surface area contributed by atoms with Crippen LogP contribution in [0.1, 0.15) is 19.8 Å². The van der Waals surface area contributed by atoms with Gasteiger partial charge in [-0.1, -0.05) is 6.92 Å². The van der Waals surface area contributed by atoms with E-state index in [9.17, 15) is 4.79 Å². The van der Waals surface area contributed by atoms with Crippen molar-refractivity contribution in [3.63, 3.8) is 0 Å². The molecule has 0 aliphatic heterocycles. The summed E-state index contributed by atoms with van der Waals surface area (Å²) < 4.78 is 0. The fourth-order valence-corrected chi connectivity index (χ4v) is 1.45. The summed E-state index contributed by atoms with van der Waals surface area (Å²) in [5.41, 5.74) is 0. The third kappa shape index (κ3) is 2.19. The van der Waals surface area contributed by atoms with E-state index >= 15 is 0 Å². The molecule has 0 amide bonds. The molecular formula is C8H15NO2. The summed E-state index contributed by atoms with van der Waals surface area (Å²) in [4.78, 5) is 10.4. The van der Waals surface area contributed by atoms with Crippen LogP contribution in [0.4, 0.5) is 0 Å². The van der Waals surface area contributed by atoms with Gasteiger partial charge in [-0.05, 0) is 31.8 Å². The van der Waals surface area contributed by atoms with Crippen molar-refractivity contribution in [1.29, 1.82) is 0 Å². The molecule has 0 aromatic heterocycles. The summed E-state index contributed by atoms with van der Waals surface area (Å²) in [5, 5.41) is 11.8. The molecule has 0 spiro atoms. The summed E-state index contributed by atoms with van der Waals surface area (Å²) in [6.45, 7) is 4.03. The van der Waals surface area contributed by atoms with Gasteiger partial charge in [0.05, 0.1) is 5.92 Å². The van der Waals surface area contributed by atoms with Crippen molar-refractivity contribution in [1.82, 2.24) is 5.32 Å². The van der Waals surface area contributed by atoms with Crippen molar-refractivity contribution >= 4 is 5.97 Å². The molecule has 0 unspecified atom stereocenters. The van der Waals surface area contributed by atoms with Crippen LogP contribution in [0.2, 0.25) is 0 Å². The maximum Gasteiger partial charge on any atom is 0.306 e. The molecule has 3 nitrogen and oxygen atoms in total. The van der Waals surface area contributed by atoms with E-state index in [4.69, 9.17) is 5.11 Å². The molecule has 11 heavy (non-hydrogen) atoms. The lowest BCUT2D eigenvalue weighted by Crippen LogP contribution is -2.36. The van der Waals surface area contributed by atoms with E-state index in [1.807, 2.05) is 0 Å². The van der Waals surface area contributed by atoms with E-state index < -0.39 is 5.97 Å². The van der Waals surface area contributed by atoms with Gasteiger partial charge in [-0.3, -0.25) is 4.79 Å². The van der Waals surface area contributed by atoms with Crippen LogP contribution < -0.4 is 5.32 Å². The van der Waals surface area contributed by atoms with E-state index in [0.29, 0.717) is 5.92 Å². The molecule has 1 aliphatic rings. The first-order chi connectivity index (χ1) is 5.24. The summed E-state index contributed by atoms with van der Waals surface area (Å²) in [6.07, 6.45) is 1.73. The highest BCUT2D eigenvalue weighted by atomic mass is 16.4. The summed E-state index contributed by atoms with van der Waals surface area (Å²) in [6, 6.07) is 0. The SMILES string of the molecule is CCNCC1CC(C(=O)O)C1. The van der Waals surface area contributed by atoms with Crippen LogP contribution in [0.15, 0.2) is 0 Å². The third-order valence-electron chi connectivity index (χ3n) is 2.27. The third-order valence-corrected chi connectivity index (χ3v) is 2.27. The average molecular weight is 157 g/mol. The van der Waals surface area contributed by atoms with Gasteiger partial charge in [0.2, 0.25) is 0 Å². The van der Waals surface area contributed by atoms with Gasteiger partial charge >= 0.3 is 5.97 Å². The lowest BCUT2D eigenvalue weighted by molar-refractivity contribution is -0.146. The Morgan fingerprint density at radius 1 is 1.64 bits per heavy atom. The average Bonchev–Trinajstić information content (AvgIpc) is 1.84. The van der Waals surface area contributed by atoms with Crippen LogP contribution in [0, 0.1) is 11.8 Å². The van der Waals surface area contributed by atoms with E-state index in [2.05, 4.69) is 12.2 Å². The first kappa shape index (κ1) is 8.53. The Labute approximate surface area is 66.8 Å². The van der Waals surface area contributed by atoms with Crippen LogP contribution in [0.25, 0.3) is 0 Å². The van der Waals surface area contributed by atoms with Crippen molar-refractivity contribution in [2.24, 2.45) is 11.8 Å². The Kier molecular flexibility index (Phi) is 2.88. The summed E-state index contributed by atoms with van der Waals surface area (Å²) in [7, 11) is 0. The number of rotatable bonds is 4. The molecule has 1 aliphatic carbocycles. The van der Waals surface area contributed by atoms with Crippen molar-refractivity contribution in [3.05, 3.63) is 0 Å². The Morgan fingerprint density at radius 2 is 2.27 bits per heavy atom. The second-order valence-corrected chi connectivity index (χ2v) is 3.18. The molecule has 1 fully saturated rings. The van der Waals surface area contributed by atoms with E-state index in [-0.39, 0.29) is 5.92 Å². The van der Waals surface area contributed by atoms with Gasteiger partial charge in [0.1, 0.15) is 0 Å². The summed E-state index contributed by atoms with van der Waals surface area (Å²) >= 11 is 0. The van der Waals surface area contributed by atoms with Gasteiger partial charge in [0.15, 0.2) is 0 Å². The lowest BCUT2D eigenvalue weighted by Gasteiger charge is -2.32. The zero-order chi connectivity index (χ0) is 8.27. The predicted octanol–water partition coefficient (Wildman–Crippen LogP) is 0.707. The van der Waals surface area contributed by atoms with Crippen LogP contribution in [0.3, 0.4) is 0 Å². The Morgan fingerprint density at radius 3 is 2.73 bits per heavy atom. The zero-order valence-electron chi connectivity index (χ0n) is 6.84. The Bertz CT molecular complexity index is 141. The van der Waals surface area contributed by atoms with Gasteiger partial charge in [-0.2, -0.15) is 0 Å². The minimum atomic E-state index is -0.627. The minimum absolute atomic E-state index is 0.0568. The minimum Gasteiger partial charge on any atom is -0.481 e. The predicted molar refractivity (Wildman–Crippen MR) is 42.4 cm³/mol. The molecule has 0 heterocycles. The van der Waals surface area contributed by atoms with Gasteiger partial charge in [-0.25, -0.2) is 0 Å². The molecule has 0 aromatic rings. The van der Waals surface area contributed by atoms with E-state index in [0.717, 1.165) is 25.9 Å². The molecular weight excluding hydrogens is 142 g/mol. The highest BCUT2D eigenvalue weighted by molar-refractivity contribution is 5.71. The van der Waals surface area contributed by atoms with Crippen molar-refractivity contribution < 1.29 is 9.90 Å². The fourth-order valence-electron chi connectivity index (χ4n) is 1.45. The number of nitrogens with one attached hydrogen (secondary N) is 1. The number of hydrogen-bond acceptors (Lipinski definition) is 2. The van der Waals surface area contributed by atoms with Crippen LogP contribution >= 0.6 is 0 Å². The molecule has 3 heteroatoms. The van der Waals surface area contributed by atoms with Gasteiger partial charge in [0, 0.05) is 0 Å². The maximum absolute atomic E-state index is 10.4. The fraction of sp³-hybridized carbons (Fsp3) is 0.875. The van der Waals surface area contributed by atoms with Crippen molar-refractivity contribution in [2.45, 2.75) is 19.8 Å². The topological polar surface area (TPSA) is 49.3 Å². The molecule has 0 saturated heterocycles. The first-order valence-electron chi connectivity index (χ1n) is 4.17. The largest absolute Gasteiger partial charge is 0.481 e. The normalized spacial score (nSPS) is 29.5. The van der Waals surface area contributed by atoms with E-state index in [1.54, 1.807) is 0 Å². The molecule has 0 bridgehead atoms. The van der Waals surface area contributed by atoms with Gasteiger partial charge in [-0.15, -0.1) is 0 Å². The van der Waals surface area contributed by atoms with Crippen molar-refractivity contribution in [2.75, 3.05) is 13.1 Å². The maximum atomic E-state index is 10.4. The lowest BCUT2D eigenvalue weighted by atomic mass is 9.75. The van der Waals surface area contributed by atoms with E-state index in [1.165, 1.54) is 0 Å². The first-order valence-corrected chi connectivity index (χ1v) is 4.17. The van der Waals surface area contributed by atoms with Gasteiger partial charge < -0.3 is 10.4 Å². The molecule has 0 radical (unpaired) electrons. The van der Waals surface area contributed by atoms with Crippen LogP contribution in [-0.2, 0) is 4.79 Å². The molecule has 0 atom stereocenters. The number of hydrogen-bond donors (Lipinski definition) is 2. The quantitative estimate of drug-likeness (QED) is 0.631. The Balaban J connectivity index is 2.05. The number of carbonyl (C=O) groups is 1. The monoisotopic (exact) mass is 157 g/mol. The standard InChI is InChI=1S/C8H15NO2/c1-2-9-5-6-3-7(4-6)8(10)11/h6-7,9H,2-5H2,1H3,(H,10,11). The number of aliphatic carboxylic acids is 1. The molecule has 1 rings (SSSR count).